The highest BCUT2D eigenvalue weighted by Crippen LogP contribution is 2.36. The minimum absolute atomic E-state index is 0.000462. The molecule has 1 aromatic rings. The summed E-state index contributed by atoms with van der Waals surface area (Å²) in [7, 11) is 0. The van der Waals surface area contributed by atoms with Crippen molar-refractivity contribution in [1.29, 1.82) is 0 Å². The molecule has 10 heteroatoms. The van der Waals surface area contributed by atoms with Gasteiger partial charge in [0.2, 0.25) is 5.91 Å². The highest BCUT2D eigenvalue weighted by molar-refractivity contribution is 6.31. The number of hydrogen-bond donors (Lipinski definition) is 1. The van der Waals surface area contributed by atoms with Crippen LogP contribution in [0, 0.1) is 5.92 Å². The van der Waals surface area contributed by atoms with E-state index in [9.17, 15) is 31.1 Å². The summed E-state index contributed by atoms with van der Waals surface area (Å²) in [5.74, 6) is -2.19. The third kappa shape index (κ3) is 5.03. The van der Waals surface area contributed by atoms with Crippen LogP contribution >= 0.6 is 11.6 Å². The number of piperidine rings is 1. The summed E-state index contributed by atoms with van der Waals surface area (Å²) in [5, 5.41) is 1.80. The first-order chi connectivity index (χ1) is 11.9. The number of halogens is 7. The Morgan fingerprint density at radius 2 is 1.92 bits per heavy atom. The van der Waals surface area contributed by atoms with Gasteiger partial charge in [0.15, 0.2) is 0 Å². The van der Waals surface area contributed by atoms with Crippen molar-refractivity contribution in [3.05, 3.63) is 28.8 Å². The average Bonchev–Trinajstić information content (AvgIpc) is 2.54. The predicted octanol–water partition coefficient (Wildman–Crippen LogP) is 4.96. The van der Waals surface area contributed by atoms with Gasteiger partial charge in [0.05, 0.1) is 22.5 Å². The summed E-state index contributed by atoms with van der Waals surface area (Å²) < 4.78 is 77.2. The van der Waals surface area contributed by atoms with E-state index in [0.29, 0.717) is 19.0 Å². The molecule has 3 nitrogen and oxygen atoms in total. The molecule has 2 atom stereocenters. The van der Waals surface area contributed by atoms with Crippen LogP contribution in [0.15, 0.2) is 18.2 Å². The van der Waals surface area contributed by atoms with Crippen molar-refractivity contribution in [2.45, 2.75) is 38.2 Å². The number of likely N-dealkylation sites (tertiary alicyclic amines) is 1. The summed E-state index contributed by atoms with van der Waals surface area (Å²) in [4.78, 5) is 13.7. The fourth-order valence-electron chi connectivity index (χ4n) is 2.86. The van der Waals surface area contributed by atoms with E-state index in [-0.39, 0.29) is 18.7 Å². The van der Waals surface area contributed by atoms with Crippen LogP contribution in [0.3, 0.4) is 0 Å². The molecule has 1 fully saturated rings. The lowest BCUT2D eigenvalue weighted by Crippen LogP contribution is -2.49. The van der Waals surface area contributed by atoms with Gasteiger partial charge in [-0.05, 0) is 44.5 Å². The Morgan fingerprint density at radius 1 is 1.27 bits per heavy atom. The van der Waals surface area contributed by atoms with Crippen molar-refractivity contribution >= 4 is 23.2 Å². The fraction of sp³-hybridized carbons (Fsp3) is 0.562. The number of carbonyl (C=O) groups excluding carboxylic acids is 1. The SMILES string of the molecule is C[C@H](C(=O)Nc1ccc(Cl)c(C(F)(F)F)c1)N1CCC[C@H](C(F)(F)F)C1. The van der Waals surface area contributed by atoms with Gasteiger partial charge in [-0.25, -0.2) is 0 Å². The van der Waals surface area contributed by atoms with Crippen LogP contribution in [0.1, 0.15) is 25.3 Å². The van der Waals surface area contributed by atoms with E-state index in [1.54, 1.807) is 0 Å². The molecule has 0 radical (unpaired) electrons. The number of alkyl halides is 6. The zero-order chi connectivity index (χ0) is 19.7. The van der Waals surface area contributed by atoms with Crippen LogP contribution < -0.4 is 5.32 Å². The maximum absolute atomic E-state index is 12.9. The standard InChI is InChI=1S/C16H17ClF6N2O/c1-9(25-6-2-3-10(8-25)15(18,19)20)14(26)24-11-4-5-13(17)12(7-11)16(21,22)23/h4-5,7,9-10H,2-3,6,8H2,1H3,(H,24,26)/t9-,10+/m1/s1. The molecular formula is C16H17ClF6N2O. The number of nitrogens with zero attached hydrogens (tertiary/aromatic N) is 1. The highest BCUT2D eigenvalue weighted by Gasteiger charge is 2.43. The maximum Gasteiger partial charge on any atom is 0.417 e. The first-order valence-electron chi connectivity index (χ1n) is 7.88. The lowest BCUT2D eigenvalue weighted by Gasteiger charge is -2.36. The smallest absolute Gasteiger partial charge is 0.325 e. The summed E-state index contributed by atoms with van der Waals surface area (Å²) in [5.41, 5.74) is -1.22. The number of hydrogen-bond acceptors (Lipinski definition) is 2. The van der Waals surface area contributed by atoms with Gasteiger partial charge in [-0.2, -0.15) is 26.3 Å². The highest BCUT2D eigenvalue weighted by atomic mass is 35.5. The van der Waals surface area contributed by atoms with Gasteiger partial charge in [-0.15, -0.1) is 0 Å². The van der Waals surface area contributed by atoms with Crippen LogP contribution in [0.4, 0.5) is 32.0 Å². The average molecular weight is 403 g/mol. The molecule has 0 spiro atoms. The molecule has 1 heterocycles. The zero-order valence-electron chi connectivity index (χ0n) is 13.7. The van der Waals surface area contributed by atoms with Crippen molar-refractivity contribution in [3.8, 4) is 0 Å². The number of benzene rings is 1. The largest absolute Gasteiger partial charge is 0.417 e. The first-order valence-corrected chi connectivity index (χ1v) is 8.25. The van der Waals surface area contributed by atoms with Crippen LogP contribution in [-0.2, 0) is 11.0 Å². The molecule has 0 aliphatic carbocycles. The normalized spacial score (nSPS) is 20.7. The number of anilines is 1. The molecule has 1 amide bonds. The molecule has 1 aliphatic heterocycles. The predicted molar refractivity (Wildman–Crippen MR) is 84.9 cm³/mol. The number of amides is 1. The van der Waals surface area contributed by atoms with Gasteiger partial charge in [-0.1, -0.05) is 11.6 Å². The van der Waals surface area contributed by atoms with Gasteiger partial charge in [0, 0.05) is 12.2 Å². The molecule has 1 aromatic carbocycles. The van der Waals surface area contributed by atoms with Crippen LogP contribution in [0.2, 0.25) is 5.02 Å². The molecule has 0 unspecified atom stereocenters. The van der Waals surface area contributed by atoms with Crippen LogP contribution in [0.25, 0.3) is 0 Å². The second-order valence-electron chi connectivity index (χ2n) is 6.23. The van der Waals surface area contributed by atoms with Gasteiger partial charge in [0.1, 0.15) is 0 Å². The molecular weight excluding hydrogens is 386 g/mol. The number of nitrogens with one attached hydrogen (secondary N) is 1. The Labute approximate surface area is 151 Å². The third-order valence-electron chi connectivity index (χ3n) is 4.38. The second-order valence-corrected chi connectivity index (χ2v) is 6.64. The summed E-state index contributed by atoms with van der Waals surface area (Å²) >= 11 is 5.51. The second kappa shape index (κ2) is 7.64. The van der Waals surface area contributed by atoms with E-state index in [1.807, 2.05) is 0 Å². The van der Waals surface area contributed by atoms with E-state index in [2.05, 4.69) is 5.32 Å². The molecule has 1 N–H and O–H groups in total. The number of carbonyl (C=O) groups is 1. The molecule has 1 aliphatic rings. The van der Waals surface area contributed by atoms with Crippen molar-refractivity contribution in [1.82, 2.24) is 4.90 Å². The minimum Gasteiger partial charge on any atom is -0.325 e. The first kappa shape index (κ1) is 20.8. The van der Waals surface area contributed by atoms with E-state index in [1.165, 1.54) is 17.9 Å². The van der Waals surface area contributed by atoms with Crippen molar-refractivity contribution in [2.75, 3.05) is 18.4 Å². The lowest BCUT2D eigenvalue weighted by molar-refractivity contribution is -0.188. The van der Waals surface area contributed by atoms with Gasteiger partial charge >= 0.3 is 12.4 Å². The molecule has 2 rings (SSSR count). The van der Waals surface area contributed by atoms with Gasteiger partial charge in [0.25, 0.3) is 0 Å². The Hall–Kier alpha value is -1.48. The van der Waals surface area contributed by atoms with Crippen molar-refractivity contribution < 1.29 is 31.1 Å². The van der Waals surface area contributed by atoms with Crippen LogP contribution in [-0.4, -0.2) is 36.1 Å². The van der Waals surface area contributed by atoms with E-state index in [0.717, 1.165) is 6.07 Å². The Kier molecular flexibility index (Phi) is 6.12. The topological polar surface area (TPSA) is 32.3 Å². The molecule has 0 bridgehead atoms. The van der Waals surface area contributed by atoms with Crippen molar-refractivity contribution in [2.24, 2.45) is 5.92 Å². The van der Waals surface area contributed by atoms with Crippen LogP contribution in [0.5, 0.6) is 0 Å². The summed E-state index contributed by atoms with van der Waals surface area (Å²) in [6.45, 7) is 1.43. The quantitative estimate of drug-likeness (QED) is 0.725. The van der Waals surface area contributed by atoms with Gasteiger partial charge < -0.3 is 5.32 Å². The third-order valence-corrected chi connectivity index (χ3v) is 4.71. The summed E-state index contributed by atoms with van der Waals surface area (Å²) in [6.07, 6.45) is -8.73. The molecule has 1 saturated heterocycles. The fourth-order valence-corrected chi connectivity index (χ4v) is 3.08. The van der Waals surface area contributed by atoms with E-state index >= 15 is 0 Å². The molecule has 26 heavy (non-hydrogen) atoms. The minimum atomic E-state index is -4.68. The Morgan fingerprint density at radius 3 is 2.50 bits per heavy atom. The van der Waals surface area contributed by atoms with E-state index in [4.69, 9.17) is 11.6 Å². The van der Waals surface area contributed by atoms with Crippen molar-refractivity contribution in [3.63, 3.8) is 0 Å². The monoisotopic (exact) mass is 402 g/mol. The van der Waals surface area contributed by atoms with E-state index < -0.39 is 40.8 Å². The summed E-state index contributed by atoms with van der Waals surface area (Å²) in [6, 6.07) is 1.99. The Balaban J connectivity index is 2.08. The number of rotatable bonds is 3. The lowest BCUT2D eigenvalue weighted by atomic mass is 9.96. The molecule has 146 valence electrons. The molecule has 0 saturated carbocycles. The Bertz CT molecular complexity index is 661. The maximum atomic E-state index is 12.9. The zero-order valence-corrected chi connectivity index (χ0v) is 14.5. The molecule has 0 aromatic heterocycles. The van der Waals surface area contributed by atoms with Gasteiger partial charge in [-0.3, -0.25) is 9.69 Å².